The Morgan fingerprint density at radius 3 is 2.58 bits per heavy atom. The molecule has 1 N–H and O–H groups in total. The maximum Gasteiger partial charge on any atom is 0.294 e. The lowest BCUT2D eigenvalue weighted by Crippen LogP contribution is -2.36. The normalized spacial score (nSPS) is 15.1. The van der Waals surface area contributed by atoms with Crippen LogP contribution in [-0.4, -0.2) is 17.9 Å². The molecule has 0 radical (unpaired) electrons. The van der Waals surface area contributed by atoms with Gasteiger partial charge in [-0.05, 0) is 66.9 Å². The van der Waals surface area contributed by atoms with E-state index in [1.165, 1.54) is 12.1 Å². The van der Waals surface area contributed by atoms with Crippen LogP contribution >= 0.6 is 0 Å². The first-order valence-corrected chi connectivity index (χ1v) is 10.9. The fraction of sp³-hybridized carbons (Fsp3) is 0.185. The topological polar surface area (TPSA) is 58.6 Å². The van der Waals surface area contributed by atoms with Gasteiger partial charge in [-0.2, -0.15) is 0 Å². The fourth-order valence-corrected chi connectivity index (χ4v) is 3.53. The molecule has 0 aromatic heterocycles. The van der Waals surface area contributed by atoms with Crippen LogP contribution in [0.15, 0.2) is 78.6 Å². The molecule has 0 saturated carbocycles. The molecule has 0 bridgehead atoms. The quantitative estimate of drug-likeness (QED) is 0.524. The summed E-state index contributed by atoms with van der Waals surface area (Å²) in [4.78, 5) is 27.2. The van der Waals surface area contributed by atoms with Gasteiger partial charge in [-0.15, -0.1) is 0 Å². The first kappa shape index (κ1) is 22.3. The van der Waals surface area contributed by atoms with Crippen molar-refractivity contribution in [2.24, 2.45) is 0 Å². The molecule has 2 amide bonds. The van der Waals surface area contributed by atoms with Crippen LogP contribution in [0.2, 0.25) is 0 Å². The molecule has 0 unspecified atom stereocenters. The van der Waals surface area contributed by atoms with Crippen molar-refractivity contribution in [2.45, 2.75) is 32.9 Å². The molecule has 3 aromatic rings. The summed E-state index contributed by atoms with van der Waals surface area (Å²) in [7, 11) is 0. The van der Waals surface area contributed by atoms with Crippen molar-refractivity contribution in [2.75, 3.05) is 4.90 Å². The Morgan fingerprint density at radius 1 is 1.09 bits per heavy atom. The summed E-state index contributed by atoms with van der Waals surface area (Å²) in [5.41, 5.74) is 2.58. The monoisotopic (exact) mass is 444 g/mol. The highest BCUT2D eigenvalue weighted by molar-refractivity contribution is 6.09. The number of benzene rings is 3. The lowest BCUT2D eigenvalue weighted by Gasteiger charge is -2.30. The third kappa shape index (κ3) is 5.12. The minimum absolute atomic E-state index is 0.0942. The van der Waals surface area contributed by atoms with E-state index in [0.717, 1.165) is 12.0 Å². The third-order valence-corrected chi connectivity index (χ3v) is 5.52. The van der Waals surface area contributed by atoms with E-state index in [1.807, 2.05) is 26.0 Å². The largest absolute Gasteiger partial charge is 0.449 e. The van der Waals surface area contributed by atoms with Crippen molar-refractivity contribution < 1.29 is 18.7 Å². The summed E-state index contributed by atoms with van der Waals surface area (Å²) in [6.45, 7) is 4.18. The summed E-state index contributed by atoms with van der Waals surface area (Å²) in [6.07, 6.45) is 2.50. The van der Waals surface area contributed by atoms with Gasteiger partial charge < -0.3 is 10.1 Å². The molecule has 1 aliphatic rings. The number of hydrogen-bond donors (Lipinski definition) is 1. The van der Waals surface area contributed by atoms with E-state index >= 15 is 0 Å². The Kier molecular flexibility index (Phi) is 6.54. The lowest BCUT2D eigenvalue weighted by molar-refractivity contribution is -0.117. The van der Waals surface area contributed by atoms with E-state index in [4.69, 9.17) is 4.74 Å². The second kappa shape index (κ2) is 9.69. The van der Waals surface area contributed by atoms with Gasteiger partial charge in [0.2, 0.25) is 0 Å². The molecule has 1 atom stereocenters. The van der Waals surface area contributed by atoms with Crippen molar-refractivity contribution in [1.29, 1.82) is 0 Å². The lowest BCUT2D eigenvalue weighted by atomic mass is 10.1. The Morgan fingerprint density at radius 2 is 1.85 bits per heavy atom. The molecule has 1 aliphatic heterocycles. The van der Waals surface area contributed by atoms with Gasteiger partial charge in [-0.1, -0.05) is 43.3 Å². The molecule has 4 rings (SSSR count). The van der Waals surface area contributed by atoms with Gasteiger partial charge in [-0.3, -0.25) is 14.5 Å². The number of carbonyl (C=O) groups is 2. The van der Waals surface area contributed by atoms with Gasteiger partial charge in [0, 0.05) is 11.6 Å². The number of ether oxygens (including phenoxy) is 1. The van der Waals surface area contributed by atoms with Crippen LogP contribution in [0.4, 0.5) is 10.1 Å². The fourth-order valence-electron chi connectivity index (χ4n) is 3.53. The van der Waals surface area contributed by atoms with E-state index in [9.17, 15) is 14.0 Å². The molecule has 5 nitrogen and oxygen atoms in total. The number of hydrogen-bond acceptors (Lipinski definition) is 3. The van der Waals surface area contributed by atoms with Crippen LogP contribution in [0.3, 0.4) is 0 Å². The standard InChI is InChI=1S/C27H25FN2O3/c1-3-18(2)29-26(31)21-13-11-19(12-14-21)16-25-27(32)30(17-20-7-6-8-22(28)15-20)23-9-4-5-10-24(23)33-25/h4-16,18H,3,17H2,1-2H3,(H,29,31)/b25-16-/t18-/m1/s1. The average Bonchev–Trinajstić information content (AvgIpc) is 2.82. The predicted octanol–water partition coefficient (Wildman–Crippen LogP) is 5.32. The summed E-state index contributed by atoms with van der Waals surface area (Å²) >= 11 is 0. The van der Waals surface area contributed by atoms with Crippen molar-refractivity contribution in [1.82, 2.24) is 5.32 Å². The first-order valence-electron chi connectivity index (χ1n) is 10.9. The van der Waals surface area contributed by atoms with E-state index in [2.05, 4.69) is 5.32 Å². The number of rotatable bonds is 6. The van der Waals surface area contributed by atoms with Gasteiger partial charge in [-0.25, -0.2) is 4.39 Å². The second-order valence-corrected chi connectivity index (χ2v) is 8.00. The zero-order chi connectivity index (χ0) is 23.4. The zero-order valence-electron chi connectivity index (χ0n) is 18.5. The van der Waals surface area contributed by atoms with E-state index < -0.39 is 0 Å². The Hall–Kier alpha value is -3.93. The highest BCUT2D eigenvalue weighted by Gasteiger charge is 2.30. The molecule has 6 heteroatoms. The predicted molar refractivity (Wildman–Crippen MR) is 126 cm³/mol. The maximum atomic E-state index is 13.7. The molecule has 0 aliphatic carbocycles. The van der Waals surface area contributed by atoms with Gasteiger partial charge in [0.25, 0.3) is 11.8 Å². The molecular weight excluding hydrogens is 419 g/mol. The second-order valence-electron chi connectivity index (χ2n) is 8.00. The van der Waals surface area contributed by atoms with Crippen LogP contribution in [0.5, 0.6) is 5.75 Å². The summed E-state index contributed by atoms with van der Waals surface area (Å²) < 4.78 is 19.6. The number of fused-ring (bicyclic) bond motifs is 1. The third-order valence-electron chi connectivity index (χ3n) is 5.52. The number of para-hydroxylation sites is 2. The number of carbonyl (C=O) groups excluding carboxylic acids is 2. The van der Waals surface area contributed by atoms with Crippen molar-refractivity contribution in [3.05, 3.63) is 101 Å². The number of amides is 2. The molecule has 3 aromatic carbocycles. The van der Waals surface area contributed by atoms with Crippen LogP contribution in [0.25, 0.3) is 6.08 Å². The van der Waals surface area contributed by atoms with Gasteiger partial charge in [0.1, 0.15) is 5.82 Å². The molecule has 1 heterocycles. The Bertz CT molecular complexity index is 1200. The maximum absolute atomic E-state index is 13.7. The van der Waals surface area contributed by atoms with Crippen molar-refractivity contribution in [3.8, 4) is 5.75 Å². The Labute approximate surface area is 192 Å². The SMILES string of the molecule is CC[C@@H](C)NC(=O)c1ccc(/C=C2\Oc3ccccc3N(Cc3cccc(F)c3)C2=O)cc1. The highest BCUT2D eigenvalue weighted by atomic mass is 19.1. The van der Waals surface area contributed by atoms with Crippen LogP contribution in [-0.2, 0) is 11.3 Å². The first-order chi connectivity index (χ1) is 15.9. The van der Waals surface area contributed by atoms with E-state index in [1.54, 1.807) is 59.5 Å². The minimum atomic E-state index is -0.352. The summed E-state index contributed by atoms with van der Waals surface area (Å²) in [5.74, 6) is -0.110. The van der Waals surface area contributed by atoms with Crippen molar-refractivity contribution in [3.63, 3.8) is 0 Å². The van der Waals surface area contributed by atoms with Crippen molar-refractivity contribution >= 4 is 23.6 Å². The molecule has 0 saturated heterocycles. The zero-order valence-corrected chi connectivity index (χ0v) is 18.5. The van der Waals surface area contributed by atoms with E-state index in [-0.39, 0.29) is 36.0 Å². The minimum Gasteiger partial charge on any atom is -0.449 e. The van der Waals surface area contributed by atoms with Gasteiger partial charge >= 0.3 is 0 Å². The van der Waals surface area contributed by atoms with Gasteiger partial charge in [0.05, 0.1) is 12.2 Å². The number of halogens is 1. The van der Waals surface area contributed by atoms with Gasteiger partial charge in [0.15, 0.2) is 11.5 Å². The number of nitrogens with one attached hydrogen (secondary N) is 1. The number of nitrogens with zero attached hydrogens (tertiary/aromatic N) is 1. The average molecular weight is 445 g/mol. The smallest absolute Gasteiger partial charge is 0.294 e. The van der Waals surface area contributed by atoms with Crippen LogP contribution < -0.4 is 15.0 Å². The molecular formula is C27H25FN2O3. The van der Waals surface area contributed by atoms with Crippen LogP contribution in [0.1, 0.15) is 41.8 Å². The van der Waals surface area contributed by atoms with E-state index in [0.29, 0.717) is 22.6 Å². The molecule has 168 valence electrons. The molecule has 33 heavy (non-hydrogen) atoms. The molecule has 0 spiro atoms. The summed E-state index contributed by atoms with van der Waals surface area (Å²) in [5, 5.41) is 2.93. The Balaban J connectivity index is 1.60. The summed E-state index contributed by atoms with van der Waals surface area (Å²) in [6, 6.07) is 20.5. The molecule has 0 fully saturated rings. The number of anilines is 1. The highest BCUT2D eigenvalue weighted by Crippen LogP contribution is 2.36. The van der Waals surface area contributed by atoms with Crippen LogP contribution in [0, 0.1) is 5.82 Å².